The predicted molar refractivity (Wildman–Crippen MR) is 57.2 cm³/mol. The molecule has 0 spiro atoms. The first-order valence-electron chi connectivity index (χ1n) is 5.00. The van der Waals surface area contributed by atoms with E-state index in [9.17, 15) is 4.79 Å². The molecule has 2 rings (SSSR count). The molecule has 2 aromatic heterocycles. The number of aromatic nitrogens is 5. The minimum absolute atomic E-state index is 0.0113. The lowest BCUT2D eigenvalue weighted by molar-refractivity contribution is 0.0965. The molecular formula is C10H13N5O. The molecule has 0 saturated carbocycles. The van der Waals surface area contributed by atoms with Crippen LogP contribution in [0.2, 0.25) is 0 Å². The molecule has 6 heteroatoms. The van der Waals surface area contributed by atoms with E-state index >= 15 is 0 Å². The van der Waals surface area contributed by atoms with Crippen molar-refractivity contribution in [1.82, 2.24) is 25.2 Å². The van der Waals surface area contributed by atoms with E-state index < -0.39 is 0 Å². The molecule has 1 N–H and O–H groups in total. The van der Waals surface area contributed by atoms with Gasteiger partial charge in [0.05, 0.1) is 0 Å². The lowest BCUT2D eigenvalue weighted by Gasteiger charge is -2.00. The van der Waals surface area contributed by atoms with Crippen LogP contribution in [-0.2, 0) is 6.54 Å². The first-order chi connectivity index (χ1) is 7.58. The summed E-state index contributed by atoms with van der Waals surface area (Å²) >= 11 is 0. The highest BCUT2D eigenvalue weighted by atomic mass is 16.1. The van der Waals surface area contributed by atoms with Gasteiger partial charge in [-0.1, -0.05) is 0 Å². The van der Waals surface area contributed by atoms with Crippen molar-refractivity contribution in [3.8, 4) is 0 Å². The molecule has 0 fully saturated rings. The summed E-state index contributed by atoms with van der Waals surface area (Å²) < 4.78 is 1.49. The normalized spacial score (nSPS) is 10.7. The Hall–Kier alpha value is -1.98. The Bertz CT molecular complexity index is 525. The molecule has 6 nitrogen and oxygen atoms in total. The number of ketones is 1. The Kier molecular flexibility index (Phi) is 2.55. The highest BCUT2D eigenvalue weighted by Gasteiger charge is 2.13. The molecule has 0 aliphatic rings. The summed E-state index contributed by atoms with van der Waals surface area (Å²) in [6.07, 6.45) is 0. The SMILES string of the molecule is Cc1cc(C(=O)Cn2nnnc2C)c(C)[nH]1. The third-order valence-corrected chi connectivity index (χ3v) is 2.45. The minimum atomic E-state index is 0.0113. The van der Waals surface area contributed by atoms with Gasteiger partial charge in [0, 0.05) is 17.0 Å². The molecule has 0 aliphatic carbocycles. The van der Waals surface area contributed by atoms with Crippen LogP contribution >= 0.6 is 0 Å². The number of H-pyrrole nitrogens is 1. The molecule has 2 aromatic rings. The van der Waals surface area contributed by atoms with E-state index in [1.807, 2.05) is 19.9 Å². The van der Waals surface area contributed by atoms with Crippen LogP contribution in [0.15, 0.2) is 6.07 Å². The second kappa shape index (κ2) is 3.88. The van der Waals surface area contributed by atoms with Crippen LogP contribution in [0, 0.1) is 20.8 Å². The summed E-state index contributed by atoms with van der Waals surface area (Å²) in [5.41, 5.74) is 2.56. The van der Waals surface area contributed by atoms with Gasteiger partial charge in [-0.15, -0.1) is 5.10 Å². The number of nitrogens with zero attached hydrogens (tertiary/aromatic N) is 4. The molecule has 2 heterocycles. The maximum atomic E-state index is 12.0. The monoisotopic (exact) mass is 219 g/mol. The van der Waals surface area contributed by atoms with Gasteiger partial charge in [0.15, 0.2) is 5.78 Å². The summed E-state index contributed by atoms with van der Waals surface area (Å²) in [4.78, 5) is 15.1. The third-order valence-electron chi connectivity index (χ3n) is 2.45. The van der Waals surface area contributed by atoms with Crippen molar-refractivity contribution in [2.24, 2.45) is 0 Å². The zero-order valence-electron chi connectivity index (χ0n) is 9.48. The first kappa shape index (κ1) is 10.5. The van der Waals surface area contributed by atoms with E-state index in [2.05, 4.69) is 20.5 Å². The number of tetrazole rings is 1. The van der Waals surface area contributed by atoms with Crippen molar-refractivity contribution in [2.75, 3.05) is 0 Å². The zero-order chi connectivity index (χ0) is 11.7. The summed E-state index contributed by atoms with van der Waals surface area (Å²) in [7, 11) is 0. The largest absolute Gasteiger partial charge is 0.362 e. The number of hydrogen-bond acceptors (Lipinski definition) is 4. The van der Waals surface area contributed by atoms with Crippen LogP contribution in [0.25, 0.3) is 0 Å². The fraction of sp³-hybridized carbons (Fsp3) is 0.400. The third kappa shape index (κ3) is 1.86. The Balaban J connectivity index is 2.21. The van der Waals surface area contributed by atoms with Crippen LogP contribution in [0.3, 0.4) is 0 Å². The van der Waals surface area contributed by atoms with Crippen LogP contribution < -0.4 is 0 Å². The van der Waals surface area contributed by atoms with Crippen molar-refractivity contribution in [2.45, 2.75) is 27.3 Å². The number of rotatable bonds is 3. The Morgan fingerprint density at radius 2 is 2.19 bits per heavy atom. The quantitative estimate of drug-likeness (QED) is 0.775. The number of aromatic amines is 1. The average Bonchev–Trinajstić information content (AvgIpc) is 2.74. The molecule has 0 amide bonds. The summed E-state index contributed by atoms with van der Waals surface area (Å²) in [6.45, 7) is 5.75. The highest BCUT2D eigenvalue weighted by Crippen LogP contribution is 2.11. The van der Waals surface area contributed by atoms with E-state index in [1.165, 1.54) is 4.68 Å². The maximum absolute atomic E-state index is 12.0. The van der Waals surface area contributed by atoms with Gasteiger partial charge in [-0.2, -0.15) is 0 Å². The van der Waals surface area contributed by atoms with Gasteiger partial charge in [0.1, 0.15) is 12.4 Å². The molecular weight excluding hydrogens is 206 g/mol. The van der Waals surface area contributed by atoms with E-state index in [4.69, 9.17) is 0 Å². The number of Topliss-reactive ketones (excluding diaryl/α,β-unsaturated/α-hetero) is 1. The average molecular weight is 219 g/mol. The molecule has 0 atom stereocenters. The summed E-state index contributed by atoms with van der Waals surface area (Å²) in [6, 6.07) is 1.84. The molecule has 0 unspecified atom stereocenters. The zero-order valence-corrected chi connectivity index (χ0v) is 9.48. The van der Waals surface area contributed by atoms with Gasteiger partial charge in [0.25, 0.3) is 0 Å². The lowest BCUT2D eigenvalue weighted by Crippen LogP contribution is -2.13. The Morgan fingerprint density at radius 3 is 2.69 bits per heavy atom. The van der Waals surface area contributed by atoms with Crippen molar-refractivity contribution in [3.63, 3.8) is 0 Å². The molecule has 0 aromatic carbocycles. The predicted octanol–water partition coefficient (Wildman–Crippen LogP) is 0.809. The number of carbonyl (C=O) groups is 1. The molecule has 0 saturated heterocycles. The van der Waals surface area contributed by atoms with Gasteiger partial charge < -0.3 is 4.98 Å². The van der Waals surface area contributed by atoms with E-state index in [1.54, 1.807) is 6.92 Å². The van der Waals surface area contributed by atoms with Gasteiger partial charge in [-0.25, -0.2) is 4.68 Å². The van der Waals surface area contributed by atoms with Crippen LogP contribution in [0.1, 0.15) is 27.6 Å². The van der Waals surface area contributed by atoms with Gasteiger partial charge in [0.2, 0.25) is 0 Å². The van der Waals surface area contributed by atoms with Crippen molar-refractivity contribution in [3.05, 3.63) is 28.8 Å². The van der Waals surface area contributed by atoms with E-state index in [-0.39, 0.29) is 12.3 Å². The summed E-state index contributed by atoms with van der Waals surface area (Å²) in [5, 5.41) is 11.0. The number of aryl methyl sites for hydroxylation is 3. The molecule has 0 aliphatic heterocycles. The fourth-order valence-corrected chi connectivity index (χ4v) is 1.63. The molecule has 0 bridgehead atoms. The number of nitrogens with one attached hydrogen (secondary N) is 1. The van der Waals surface area contributed by atoms with Gasteiger partial charge >= 0.3 is 0 Å². The van der Waals surface area contributed by atoms with Crippen LogP contribution in [-0.4, -0.2) is 31.0 Å². The summed E-state index contributed by atoms with van der Waals surface area (Å²) in [5.74, 6) is 0.649. The Labute approximate surface area is 92.7 Å². The van der Waals surface area contributed by atoms with Crippen molar-refractivity contribution in [1.29, 1.82) is 0 Å². The highest BCUT2D eigenvalue weighted by molar-refractivity contribution is 5.97. The topological polar surface area (TPSA) is 76.5 Å². The lowest BCUT2D eigenvalue weighted by atomic mass is 10.1. The minimum Gasteiger partial charge on any atom is -0.362 e. The first-order valence-corrected chi connectivity index (χ1v) is 5.00. The van der Waals surface area contributed by atoms with Crippen LogP contribution in [0.5, 0.6) is 0 Å². The van der Waals surface area contributed by atoms with Gasteiger partial charge in [-0.05, 0) is 37.3 Å². The number of carbonyl (C=O) groups excluding carboxylic acids is 1. The Morgan fingerprint density at radius 1 is 1.44 bits per heavy atom. The van der Waals surface area contributed by atoms with Gasteiger partial charge in [-0.3, -0.25) is 4.79 Å². The van der Waals surface area contributed by atoms with E-state index in [0.717, 1.165) is 11.4 Å². The van der Waals surface area contributed by atoms with E-state index in [0.29, 0.717) is 11.4 Å². The number of hydrogen-bond donors (Lipinski definition) is 1. The standard InChI is InChI=1S/C10H13N5O/c1-6-4-9(7(2)11-6)10(16)5-15-8(3)12-13-14-15/h4,11H,5H2,1-3H3. The second-order valence-electron chi connectivity index (χ2n) is 3.80. The fourth-order valence-electron chi connectivity index (χ4n) is 1.63. The molecule has 84 valence electrons. The van der Waals surface area contributed by atoms with Crippen molar-refractivity contribution < 1.29 is 4.79 Å². The smallest absolute Gasteiger partial charge is 0.186 e. The van der Waals surface area contributed by atoms with Crippen LogP contribution in [0.4, 0.5) is 0 Å². The second-order valence-corrected chi connectivity index (χ2v) is 3.80. The maximum Gasteiger partial charge on any atom is 0.186 e. The molecule has 0 radical (unpaired) electrons. The molecule has 16 heavy (non-hydrogen) atoms. The van der Waals surface area contributed by atoms with Crippen molar-refractivity contribution >= 4 is 5.78 Å².